The molecule has 0 radical (unpaired) electrons. The molecule has 2 heterocycles. The third-order valence-electron chi connectivity index (χ3n) is 6.47. The monoisotopic (exact) mass is 394 g/mol. The van der Waals surface area contributed by atoms with Crippen molar-refractivity contribution in [3.63, 3.8) is 0 Å². The zero-order valence-corrected chi connectivity index (χ0v) is 16.0. The number of hydrogen-bond acceptors (Lipinski definition) is 3. The molecule has 1 saturated carbocycles. The van der Waals surface area contributed by atoms with E-state index >= 15 is 0 Å². The SMILES string of the molecule is O=C(C1CC1)N1CC(=O)N2[C@H](C1)[C@@H](c1ccc(-c3ccccc3F)cc1)[C@@H]2CO. The van der Waals surface area contributed by atoms with Gasteiger partial charge in [-0.15, -0.1) is 0 Å². The molecule has 0 unspecified atom stereocenters. The standard InChI is InChI=1S/C23H23FN2O3/c24-18-4-2-1-3-17(18)14-5-7-15(8-6-14)22-19-11-25(23(29)16-9-10-16)12-21(28)26(19)20(22)13-27/h1-8,16,19-20,22,27H,9-13H2/t19-,20+,22-/m1/s1. The number of amides is 2. The van der Waals surface area contributed by atoms with E-state index in [4.69, 9.17) is 0 Å². The van der Waals surface area contributed by atoms with E-state index in [1.165, 1.54) is 6.07 Å². The van der Waals surface area contributed by atoms with Gasteiger partial charge in [0.15, 0.2) is 0 Å². The maximum Gasteiger partial charge on any atom is 0.242 e. The second kappa shape index (κ2) is 6.95. The van der Waals surface area contributed by atoms with Gasteiger partial charge in [0.05, 0.1) is 25.2 Å². The van der Waals surface area contributed by atoms with E-state index in [1.54, 1.807) is 28.0 Å². The lowest BCUT2D eigenvalue weighted by Crippen LogP contribution is -2.73. The molecule has 5 rings (SSSR count). The molecule has 3 atom stereocenters. The number of carbonyl (C=O) groups is 2. The first-order chi connectivity index (χ1) is 14.1. The third-order valence-corrected chi connectivity index (χ3v) is 6.47. The lowest BCUT2D eigenvalue weighted by Gasteiger charge is -2.58. The summed E-state index contributed by atoms with van der Waals surface area (Å²) in [6.07, 6.45) is 1.83. The van der Waals surface area contributed by atoms with Gasteiger partial charge >= 0.3 is 0 Å². The molecule has 3 aliphatic rings. The highest BCUT2D eigenvalue weighted by Gasteiger charge is 2.55. The molecule has 0 spiro atoms. The number of aliphatic hydroxyl groups is 1. The molecule has 2 aromatic rings. The summed E-state index contributed by atoms with van der Waals surface area (Å²) in [6, 6.07) is 13.9. The maximum absolute atomic E-state index is 14.1. The Morgan fingerprint density at radius 1 is 1.10 bits per heavy atom. The largest absolute Gasteiger partial charge is 0.394 e. The second-order valence-corrected chi connectivity index (χ2v) is 8.24. The molecule has 2 saturated heterocycles. The molecular formula is C23H23FN2O3. The molecule has 1 aliphatic carbocycles. The van der Waals surface area contributed by atoms with Gasteiger partial charge in [-0.25, -0.2) is 4.39 Å². The predicted octanol–water partition coefficient (Wildman–Crippen LogP) is 2.40. The van der Waals surface area contributed by atoms with Crippen LogP contribution in [0.5, 0.6) is 0 Å². The molecule has 2 aliphatic heterocycles. The first-order valence-electron chi connectivity index (χ1n) is 10.1. The number of carbonyl (C=O) groups excluding carboxylic acids is 2. The van der Waals surface area contributed by atoms with Gasteiger partial charge in [0, 0.05) is 23.9 Å². The summed E-state index contributed by atoms with van der Waals surface area (Å²) in [7, 11) is 0. The lowest BCUT2D eigenvalue weighted by atomic mass is 9.73. The Kier molecular flexibility index (Phi) is 4.39. The molecular weight excluding hydrogens is 371 g/mol. The van der Waals surface area contributed by atoms with Crippen molar-refractivity contribution < 1.29 is 19.1 Å². The van der Waals surface area contributed by atoms with Crippen molar-refractivity contribution in [3.8, 4) is 11.1 Å². The normalized spacial score (nSPS) is 26.1. The Labute approximate surface area is 168 Å². The summed E-state index contributed by atoms with van der Waals surface area (Å²) in [4.78, 5) is 28.5. The highest BCUT2D eigenvalue weighted by molar-refractivity contribution is 5.89. The minimum absolute atomic E-state index is 0.0339. The van der Waals surface area contributed by atoms with Crippen LogP contribution in [0.2, 0.25) is 0 Å². The number of fused-ring (bicyclic) bond motifs is 1. The van der Waals surface area contributed by atoms with Gasteiger partial charge < -0.3 is 14.9 Å². The topological polar surface area (TPSA) is 60.9 Å². The third kappa shape index (κ3) is 3.02. The minimum Gasteiger partial charge on any atom is -0.394 e. The van der Waals surface area contributed by atoms with Gasteiger partial charge in [-0.2, -0.15) is 0 Å². The van der Waals surface area contributed by atoms with E-state index < -0.39 is 0 Å². The highest BCUT2D eigenvalue weighted by Crippen LogP contribution is 2.44. The van der Waals surface area contributed by atoms with Crippen molar-refractivity contribution in [3.05, 3.63) is 59.9 Å². The lowest BCUT2D eigenvalue weighted by molar-refractivity contribution is -0.167. The first-order valence-corrected chi connectivity index (χ1v) is 10.1. The minimum atomic E-state index is -0.273. The smallest absolute Gasteiger partial charge is 0.242 e. The van der Waals surface area contributed by atoms with Crippen LogP contribution >= 0.6 is 0 Å². The maximum atomic E-state index is 14.1. The summed E-state index contributed by atoms with van der Waals surface area (Å²) in [6.45, 7) is 0.511. The fraction of sp³-hybridized carbons (Fsp3) is 0.391. The number of benzene rings is 2. The Morgan fingerprint density at radius 2 is 1.83 bits per heavy atom. The fourth-order valence-electron chi connectivity index (χ4n) is 4.84. The van der Waals surface area contributed by atoms with Gasteiger partial charge in [0.2, 0.25) is 11.8 Å². The molecule has 5 nitrogen and oxygen atoms in total. The van der Waals surface area contributed by atoms with Crippen LogP contribution in [0.3, 0.4) is 0 Å². The Morgan fingerprint density at radius 3 is 2.48 bits per heavy atom. The van der Waals surface area contributed by atoms with Crippen molar-refractivity contribution in [2.45, 2.75) is 30.8 Å². The van der Waals surface area contributed by atoms with Gasteiger partial charge in [-0.1, -0.05) is 42.5 Å². The summed E-state index contributed by atoms with van der Waals surface area (Å²) in [5, 5.41) is 9.89. The summed E-state index contributed by atoms with van der Waals surface area (Å²) in [5.41, 5.74) is 2.33. The van der Waals surface area contributed by atoms with Gasteiger partial charge in [0.1, 0.15) is 5.82 Å². The molecule has 29 heavy (non-hydrogen) atoms. The summed E-state index contributed by atoms with van der Waals surface area (Å²) in [5.74, 6) is -0.224. The van der Waals surface area contributed by atoms with Crippen LogP contribution < -0.4 is 0 Å². The number of piperazine rings is 1. The summed E-state index contributed by atoms with van der Waals surface area (Å²) < 4.78 is 14.1. The second-order valence-electron chi connectivity index (χ2n) is 8.24. The molecule has 150 valence electrons. The predicted molar refractivity (Wildman–Crippen MR) is 105 cm³/mol. The first kappa shape index (κ1) is 18.3. The van der Waals surface area contributed by atoms with Crippen LogP contribution in [0.25, 0.3) is 11.1 Å². The fourth-order valence-corrected chi connectivity index (χ4v) is 4.84. The quantitative estimate of drug-likeness (QED) is 0.866. The summed E-state index contributed by atoms with van der Waals surface area (Å²) >= 11 is 0. The van der Waals surface area contributed by atoms with Crippen molar-refractivity contribution in [2.75, 3.05) is 19.7 Å². The Hall–Kier alpha value is -2.73. The Balaban J connectivity index is 1.40. The van der Waals surface area contributed by atoms with Crippen LogP contribution in [0.4, 0.5) is 4.39 Å². The van der Waals surface area contributed by atoms with Crippen LogP contribution in [0.15, 0.2) is 48.5 Å². The average Bonchev–Trinajstić information content (AvgIpc) is 3.55. The molecule has 2 aromatic carbocycles. The van der Waals surface area contributed by atoms with E-state index in [9.17, 15) is 19.1 Å². The van der Waals surface area contributed by atoms with E-state index in [1.807, 2.05) is 24.3 Å². The molecule has 2 amide bonds. The molecule has 3 fully saturated rings. The average molecular weight is 394 g/mol. The van der Waals surface area contributed by atoms with Crippen LogP contribution in [-0.4, -0.2) is 58.5 Å². The van der Waals surface area contributed by atoms with Crippen molar-refractivity contribution in [1.82, 2.24) is 9.80 Å². The van der Waals surface area contributed by atoms with Crippen LogP contribution in [0, 0.1) is 11.7 Å². The van der Waals surface area contributed by atoms with E-state index in [-0.39, 0.29) is 54.7 Å². The zero-order chi connectivity index (χ0) is 20.1. The van der Waals surface area contributed by atoms with Gasteiger partial charge in [-0.05, 0) is 30.0 Å². The van der Waals surface area contributed by atoms with Crippen molar-refractivity contribution in [1.29, 1.82) is 0 Å². The molecule has 0 aromatic heterocycles. The number of aliphatic hydroxyl groups excluding tert-OH is 1. The van der Waals surface area contributed by atoms with E-state index in [0.717, 1.165) is 24.0 Å². The van der Waals surface area contributed by atoms with Gasteiger partial charge in [0.25, 0.3) is 0 Å². The van der Waals surface area contributed by atoms with Crippen LogP contribution in [0.1, 0.15) is 24.3 Å². The highest BCUT2D eigenvalue weighted by atomic mass is 19.1. The molecule has 6 heteroatoms. The number of rotatable bonds is 4. The van der Waals surface area contributed by atoms with Crippen molar-refractivity contribution >= 4 is 11.8 Å². The molecule has 1 N–H and O–H groups in total. The Bertz CT molecular complexity index is 957. The van der Waals surface area contributed by atoms with E-state index in [0.29, 0.717) is 12.1 Å². The zero-order valence-electron chi connectivity index (χ0n) is 16.0. The number of hydrogen-bond donors (Lipinski definition) is 1. The van der Waals surface area contributed by atoms with Crippen molar-refractivity contribution in [2.24, 2.45) is 5.92 Å². The van der Waals surface area contributed by atoms with E-state index in [2.05, 4.69) is 0 Å². The molecule has 0 bridgehead atoms. The van der Waals surface area contributed by atoms with Crippen LogP contribution in [-0.2, 0) is 9.59 Å². The number of nitrogens with zero attached hydrogens (tertiary/aromatic N) is 2. The number of halogens is 1. The van der Waals surface area contributed by atoms with Gasteiger partial charge in [-0.3, -0.25) is 9.59 Å².